The Labute approximate surface area is 132 Å². The first-order chi connectivity index (χ1) is 11.1. The number of nitrogens with zero attached hydrogens (tertiary/aromatic N) is 1. The van der Waals surface area contributed by atoms with Gasteiger partial charge in [0.2, 0.25) is 0 Å². The van der Waals surface area contributed by atoms with Crippen LogP contribution in [0, 0.1) is 0 Å². The molecule has 0 saturated heterocycles. The van der Waals surface area contributed by atoms with Crippen molar-refractivity contribution in [1.82, 2.24) is 9.97 Å². The fourth-order valence-corrected chi connectivity index (χ4v) is 3.05. The summed E-state index contributed by atoms with van der Waals surface area (Å²) in [6.45, 7) is 0. The molecule has 2 heterocycles. The van der Waals surface area contributed by atoms with Crippen LogP contribution in [-0.4, -0.2) is 19.8 Å². The number of aromatic amines is 1. The average molecular weight is 326 g/mol. The molecule has 23 heavy (non-hydrogen) atoms. The molecule has 0 aliphatic heterocycles. The normalized spacial score (nSPS) is 11.2. The summed E-state index contributed by atoms with van der Waals surface area (Å²) in [5.41, 5.74) is 1.80. The number of para-hydroxylation sites is 2. The lowest BCUT2D eigenvalue weighted by Gasteiger charge is -1.99. The van der Waals surface area contributed by atoms with Gasteiger partial charge in [0.05, 0.1) is 10.8 Å². The Balaban J connectivity index is 0.000000140. The smallest absolute Gasteiger partial charge is 0.358 e. The molecule has 0 atom stereocenters. The molecule has 0 aliphatic rings. The largest absolute Gasteiger partial charge is 0.360 e. The van der Waals surface area contributed by atoms with E-state index < -0.39 is 7.60 Å². The molecule has 2 aromatic heterocycles. The lowest BCUT2D eigenvalue weighted by atomic mass is 10.2. The molecule has 5 nitrogen and oxygen atoms in total. The molecule has 0 spiro atoms. The van der Waals surface area contributed by atoms with Gasteiger partial charge in [-0.15, -0.1) is 0 Å². The third-order valence-electron chi connectivity index (χ3n) is 3.39. The zero-order valence-electron chi connectivity index (χ0n) is 12.1. The number of pyridine rings is 1. The van der Waals surface area contributed by atoms with Crippen molar-refractivity contribution in [2.24, 2.45) is 0 Å². The Kier molecular flexibility index (Phi) is 4.26. The van der Waals surface area contributed by atoms with Gasteiger partial charge in [-0.1, -0.05) is 42.5 Å². The van der Waals surface area contributed by atoms with Crippen LogP contribution in [-0.2, 0) is 4.57 Å². The Morgan fingerprint density at radius 3 is 2.39 bits per heavy atom. The van der Waals surface area contributed by atoms with Crippen molar-refractivity contribution in [2.75, 3.05) is 0 Å². The fraction of sp³-hybridized carbons (Fsp3) is 0. The minimum absolute atomic E-state index is 0.0584. The number of hydrogen-bond acceptors (Lipinski definition) is 2. The monoisotopic (exact) mass is 326 g/mol. The van der Waals surface area contributed by atoms with E-state index in [2.05, 4.69) is 22.1 Å². The second-order valence-electron chi connectivity index (χ2n) is 4.96. The van der Waals surface area contributed by atoms with Crippen LogP contribution in [0.5, 0.6) is 0 Å². The molecule has 0 bridgehead atoms. The van der Waals surface area contributed by atoms with Gasteiger partial charge in [-0.05, 0) is 18.2 Å². The maximum atomic E-state index is 11.0. The Hall–Kier alpha value is -2.46. The molecule has 4 aromatic rings. The van der Waals surface area contributed by atoms with Crippen LogP contribution in [0.1, 0.15) is 0 Å². The van der Waals surface area contributed by atoms with E-state index in [0.717, 1.165) is 11.0 Å². The highest BCUT2D eigenvalue weighted by Crippen LogP contribution is 2.36. The molecule has 0 aliphatic carbocycles. The third-order valence-corrected chi connectivity index (χ3v) is 4.39. The number of fused-ring (bicyclic) bond motifs is 2. The Bertz CT molecular complexity index is 926. The Morgan fingerprint density at radius 1 is 0.913 bits per heavy atom. The molecule has 6 heteroatoms. The van der Waals surface area contributed by atoms with Crippen molar-refractivity contribution in [3.8, 4) is 0 Å². The molecule has 0 unspecified atom stereocenters. The lowest BCUT2D eigenvalue weighted by Crippen LogP contribution is -2.00. The number of aromatic nitrogens is 2. The quantitative estimate of drug-likeness (QED) is 0.469. The predicted molar refractivity (Wildman–Crippen MR) is 91.7 cm³/mol. The summed E-state index contributed by atoms with van der Waals surface area (Å²) < 4.78 is 11.0. The van der Waals surface area contributed by atoms with Crippen molar-refractivity contribution in [3.05, 3.63) is 73.1 Å². The van der Waals surface area contributed by atoms with Gasteiger partial charge in [-0.25, -0.2) is 0 Å². The van der Waals surface area contributed by atoms with Crippen LogP contribution in [0.3, 0.4) is 0 Å². The summed E-state index contributed by atoms with van der Waals surface area (Å²) in [5, 5.41) is 1.84. The minimum Gasteiger partial charge on any atom is -0.360 e. The molecular formula is C17H15N2O3P. The van der Waals surface area contributed by atoms with Gasteiger partial charge in [0, 0.05) is 28.7 Å². The van der Waals surface area contributed by atoms with Crippen LogP contribution in [0.25, 0.3) is 21.8 Å². The van der Waals surface area contributed by atoms with Crippen LogP contribution < -0.4 is 5.30 Å². The van der Waals surface area contributed by atoms with Gasteiger partial charge < -0.3 is 14.8 Å². The van der Waals surface area contributed by atoms with Crippen LogP contribution in [0.2, 0.25) is 0 Å². The summed E-state index contributed by atoms with van der Waals surface area (Å²) in [6.07, 6.45) is 3.16. The highest BCUT2D eigenvalue weighted by Gasteiger charge is 2.20. The van der Waals surface area contributed by atoms with Crippen molar-refractivity contribution in [2.45, 2.75) is 0 Å². The van der Waals surface area contributed by atoms with E-state index in [9.17, 15) is 4.57 Å². The molecule has 4 rings (SSSR count). The van der Waals surface area contributed by atoms with E-state index in [1.807, 2.05) is 36.5 Å². The second kappa shape index (κ2) is 6.34. The first-order valence-corrected chi connectivity index (χ1v) is 8.59. The van der Waals surface area contributed by atoms with Crippen LogP contribution in [0.15, 0.2) is 73.1 Å². The first kappa shape index (κ1) is 15.4. The first-order valence-electron chi connectivity index (χ1n) is 6.98. The van der Waals surface area contributed by atoms with Crippen LogP contribution in [0.4, 0.5) is 0 Å². The van der Waals surface area contributed by atoms with E-state index in [4.69, 9.17) is 9.79 Å². The summed E-state index contributed by atoms with van der Waals surface area (Å²) in [4.78, 5) is 24.9. The van der Waals surface area contributed by atoms with E-state index in [1.54, 1.807) is 18.2 Å². The standard InChI is InChI=1S/C9H7N.C8H8NO3P/c1-2-6-9-8(4-1)5-3-7-10-9;10-13(11,12)8-5-9-7-4-2-1-3-6(7)8/h1-7H;1-5,9H,(H2,10,11,12). The third kappa shape index (κ3) is 3.48. The average Bonchev–Trinajstić information content (AvgIpc) is 3.00. The van der Waals surface area contributed by atoms with Gasteiger partial charge >= 0.3 is 7.60 Å². The van der Waals surface area contributed by atoms with Gasteiger partial charge in [0.15, 0.2) is 0 Å². The molecule has 3 N–H and O–H groups in total. The van der Waals surface area contributed by atoms with Crippen molar-refractivity contribution in [3.63, 3.8) is 0 Å². The van der Waals surface area contributed by atoms with Crippen molar-refractivity contribution < 1.29 is 14.4 Å². The lowest BCUT2D eigenvalue weighted by molar-refractivity contribution is 0.388. The van der Waals surface area contributed by atoms with Gasteiger partial charge in [-0.2, -0.15) is 0 Å². The zero-order chi connectivity index (χ0) is 16.3. The number of nitrogens with one attached hydrogen (secondary N) is 1. The highest BCUT2D eigenvalue weighted by molar-refractivity contribution is 7.60. The molecule has 116 valence electrons. The predicted octanol–water partition coefficient (Wildman–Crippen LogP) is 3.21. The molecule has 0 amide bonds. The number of rotatable bonds is 1. The molecule has 0 radical (unpaired) electrons. The maximum Gasteiger partial charge on any atom is 0.358 e. The van der Waals surface area contributed by atoms with Crippen molar-refractivity contribution in [1.29, 1.82) is 0 Å². The SMILES string of the molecule is O=P(O)(O)c1c[nH]c2ccccc12.c1ccc2ncccc2c1. The Morgan fingerprint density at radius 2 is 1.61 bits per heavy atom. The minimum atomic E-state index is -4.15. The van der Waals surface area contributed by atoms with Gasteiger partial charge in [0.25, 0.3) is 0 Å². The topological polar surface area (TPSA) is 86.2 Å². The molecule has 0 saturated carbocycles. The number of benzene rings is 2. The molecular weight excluding hydrogens is 311 g/mol. The fourth-order valence-electron chi connectivity index (χ4n) is 2.31. The van der Waals surface area contributed by atoms with Gasteiger partial charge in [0.1, 0.15) is 0 Å². The second-order valence-corrected chi connectivity index (χ2v) is 6.53. The van der Waals surface area contributed by atoms with E-state index in [0.29, 0.717) is 5.39 Å². The summed E-state index contributed by atoms with van der Waals surface area (Å²) in [6, 6.07) is 19.1. The van der Waals surface area contributed by atoms with Crippen molar-refractivity contribution >= 4 is 34.7 Å². The van der Waals surface area contributed by atoms with Crippen LogP contribution >= 0.6 is 7.60 Å². The van der Waals surface area contributed by atoms with Gasteiger partial charge in [-0.3, -0.25) is 9.55 Å². The summed E-state index contributed by atoms with van der Waals surface area (Å²) in [5.74, 6) is 0. The summed E-state index contributed by atoms with van der Waals surface area (Å²) >= 11 is 0. The zero-order valence-corrected chi connectivity index (χ0v) is 13.0. The number of H-pyrrole nitrogens is 1. The number of hydrogen-bond donors (Lipinski definition) is 3. The van der Waals surface area contributed by atoms with E-state index >= 15 is 0 Å². The maximum absolute atomic E-state index is 11.0. The summed E-state index contributed by atoms with van der Waals surface area (Å²) in [7, 11) is -4.15. The molecule has 2 aromatic carbocycles. The molecule has 0 fully saturated rings. The highest BCUT2D eigenvalue weighted by atomic mass is 31.2. The van der Waals surface area contributed by atoms with E-state index in [1.165, 1.54) is 11.6 Å². The van der Waals surface area contributed by atoms with E-state index in [-0.39, 0.29) is 5.30 Å².